The van der Waals surface area contributed by atoms with E-state index in [-0.39, 0.29) is 30.5 Å². The van der Waals surface area contributed by atoms with Crippen molar-refractivity contribution in [2.75, 3.05) is 39.0 Å². The topological polar surface area (TPSA) is 135 Å². The predicted molar refractivity (Wildman–Crippen MR) is 159 cm³/mol. The summed E-state index contributed by atoms with van der Waals surface area (Å²) < 4.78 is 6.23. The lowest BCUT2D eigenvalue weighted by Crippen LogP contribution is -2.48. The van der Waals surface area contributed by atoms with Gasteiger partial charge < -0.3 is 25.6 Å². The second kappa shape index (κ2) is 14.7. The number of nitrogens with one attached hydrogen (secondary N) is 3. The number of urea groups is 1. The van der Waals surface area contributed by atoms with Gasteiger partial charge in [-0.15, -0.1) is 0 Å². The SMILES string of the molecule is C[C@H]1CN(Cc2ccc(NC(=O)[C@H]3CC[C@H](Oc4cccc(CNC(=O)N(C)C)c4)CC3)cc2CN=[N+]=[N-])CCN1. The fourth-order valence-corrected chi connectivity index (χ4v) is 5.45. The molecule has 3 N–H and O–H groups in total. The van der Waals surface area contributed by atoms with Gasteiger partial charge >= 0.3 is 6.03 Å². The van der Waals surface area contributed by atoms with E-state index in [2.05, 4.69) is 37.8 Å². The van der Waals surface area contributed by atoms with Crippen molar-refractivity contribution >= 4 is 17.6 Å². The molecule has 0 radical (unpaired) electrons. The standard InChI is InChI=1S/C30H42N8O3/c1-21-19-38(14-13-32-21)20-24-7-10-26(16-25(24)18-34-36-31)35-29(39)23-8-11-27(12-9-23)41-28-6-4-5-22(15-28)17-33-30(40)37(2)3/h4-7,10,15-16,21,23,27,32H,8-9,11-14,17-20H2,1-3H3,(H,33,40)(H,35,39)/t21-,23-,27-/m0/s1. The first kappa shape index (κ1) is 30.2. The molecule has 11 nitrogen and oxygen atoms in total. The maximum atomic E-state index is 13.1. The molecule has 41 heavy (non-hydrogen) atoms. The minimum absolute atomic E-state index is 0.0143. The Bertz CT molecular complexity index is 1240. The Labute approximate surface area is 242 Å². The van der Waals surface area contributed by atoms with Crippen LogP contribution >= 0.6 is 0 Å². The first-order valence-electron chi connectivity index (χ1n) is 14.4. The molecule has 11 heteroatoms. The number of anilines is 1. The van der Waals surface area contributed by atoms with Crippen LogP contribution in [0.4, 0.5) is 10.5 Å². The van der Waals surface area contributed by atoms with Gasteiger partial charge in [-0.2, -0.15) is 0 Å². The molecular weight excluding hydrogens is 520 g/mol. The first-order chi connectivity index (χ1) is 19.8. The summed E-state index contributed by atoms with van der Waals surface area (Å²) in [5.41, 5.74) is 12.6. The lowest BCUT2D eigenvalue weighted by molar-refractivity contribution is -0.121. The Hall–Kier alpha value is -3.79. The minimum atomic E-state index is -0.138. The lowest BCUT2D eigenvalue weighted by atomic mass is 9.86. The van der Waals surface area contributed by atoms with Crippen LogP contribution in [0.2, 0.25) is 0 Å². The summed E-state index contributed by atoms with van der Waals surface area (Å²) in [6, 6.07) is 14.0. The van der Waals surface area contributed by atoms with E-state index in [9.17, 15) is 9.59 Å². The van der Waals surface area contributed by atoms with Crippen molar-refractivity contribution in [3.63, 3.8) is 0 Å². The monoisotopic (exact) mass is 562 g/mol. The van der Waals surface area contributed by atoms with Gasteiger partial charge in [-0.3, -0.25) is 9.69 Å². The van der Waals surface area contributed by atoms with E-state index >= 15 is 0 Å². The zero-order chi connectivity index (χ0) is 29.2. The zero-order valence-electron chi connectivity index (χ0n) is 24.3. The van der Waals surface area contributed by atoms with E-state index in [4.69, 9.17) is 10.3 Å². The zero-order valence-corrected chi connectivity index (χ0v) is 24.3. The molecule has 1 aliphatic carbocycles. The molecule has 1 saturated heterocycles. The molecule has 220 valence electrons. The van der Waals surface area contributed by atoms with Crippen LogP contribution in [-0.2, 0) is 24.4 Å². The molecule has 2 aromatic carbocycles. The van der Waals surface area contributed by atoms with Crippen molar-refractivity contribution in [2.45, 2.75) is 64.4 Å². The van der Waals surface area contributed by atoms with Crippen LogP contribution < -0.4 is 20.7 Å². The fraction of sp³-hybridized carbons (Fsp3) is 0.533. The average molecular weight is 563 g/mol. The highest BCUT2D eigenvalue weighted by molar-refractivity contribution is 5.92. The predicted octanol–water partition coefficient (Wildman–Crippen LogP) is 4.64. The van der Waals surface area contributed by atoms with Gasteiger partial charge in [-0.05, 0) is 79.1 Å². The number of rotatable bonds is 10. The van der Waals surface area contributed by atoms with Crippen LogP contribution in [-0.4, -0.2) is 67.6 Å². The van der Waals surface area contributed by atoms with E-state index in [1.54, 1.807) is 14.1 Å². The maximum Gasteiger partial charge on any atom is 0.317 e. The van der Waals surface area contributed by atoms with Crippen LogP contribution in [0.3, 0.4) is 0 Å². The van der Waals surface area contributed by atoms with Gasteiger partial charge in [0.2, 0.25) is 5.91 Å². The largest absolute Gasteiger partial charge is 0.490 e. The Morgan fingerprint density at radius 1 is 1.15 bits per heavy atom. The van der Waals surface area contributed by atoms with Gasteiger partial charge in [-0.25, -0.2) is 4.79 Å². The van der Waals surface area contributed by atoms with Crippen LogP contribution in [0.15, 0.2) is 47.6 Å². The van der Waals surface area contributed by atoms with Crippen LogP contribution in [0.25, 0.3) is 10.4 Å². The highest BCUT2D eigenvalue weighted by Gasteiger charge is 2.27. The molecule has 0 unspecified atom stereocenters. The second-order valence-electron chi connectivity index (χ2n) is 11.2. The average Bonchev–Trinajstić information content (AvgIpc) is 2.96. The van der Waals surface area contributed by atoms with Crippen molar-refractivity contribution in [3.8, 4) is 5.75 Å². The molecule has 0 bridgehead atoms. The van der Waals surface area contributed by atoms with Crippen molar-refractivity contribution in [2.24, 2.45) is 11.0 Å². The fourth-order valence-electron chi connectivity index (χ4n) is 5.45. The number of nitrogens with zero attached hydrogens (tertiary/aromatic N) is 5. The summed E-state index contributed by atoms with van der Waals surface area (Å²) in [6.45, 7) is 6.54. The Balaban J connectivity index is 1.29. The van der Waals surface area contributed by atoms with Gasteiger partial charge in [0.25, 0.3) is 0 Å². The van der Waals surface area contributed by atoms with Crippen molar-refractivity contribution in [1.82, 2.24) is 20.4 Å². The first-order valence-corrected chi connectivity index (χ1v) is 14.4. The van der Waals surface area contributed by atoms with E-state index in [0.29, 0.717) is 12.6 Å². The Morgan fingerprint density at radius 2 is 1.95 bits per heavy atom. The Morgan fingerprint density at radius 3 is 2.68 bits per heavy atom. The third-order valence-electron chi connectivity index (χ3n) is 7.72. The smallest absolute Gasteiger partial charge is 0.317 e. The van der Waals surface area contributed by atoms with Crippen LogP contribution in [0.1, 0.15) is 49.3 Å². The quantitative estimate of drug-likeness (QED) is 0.220. The van der Waals surface area contributed by atoms with Crippen LogP contribution in [0.5, 0.6) is 5.75 Å². The summed E-state index contributed by atoms with van der Waals surface area (Å²) in [7, 11) is 3.42. The normalized spacial score (nSPS) is 20.9. The molecule has 3 amide bonds. The number of ether oxygens (including phenoxy) is 1. The van der Waals surface area contributed by atoms with Crippen LogP contribution in [0, 0.1) is 5.92 Å². The molecule has 1 aliphatic heterocycles. The molecular formula is C30H42N8O3. The third-order valence-corrected chi connectivity index (χ3v) is 7.72. The Kier molecular flexibility index (Phi) is 10.8. The molecule has 0 aromatic heterocycles. The number of hydrogen-bond acceptors (Lipinski definition) is 6. The highest BCUT2D eigenvalue weighted by atomic mass is 16.5. The third kappa shape index (κ3) is 9.11. The molecule has 2 aliphatic rings. The van der Waals surface area contributed by atoms with E-state index in [1.807, 2.05) is 42.5 Å². The molecule has 2 aromatic rings. The number of azide groups is 1. The van der Waals surface area contributed by atoms with Gasteiger partial charge in [0, 0.05) is 69.4 Å². The van der Waals surface area contributed by atoms with Gasteiger partial charge in [-0.1, -0.05) is 23.3 Å². The molecule has 2 fully saturated rings. The number of carbonyl (C=O) groups excluding carboxylic acids is 2. The highest BCUT2D eigenvalue weighted by Crippen LogP contribution is 2.29. The van der Waals surface area contributed by atoms with Crippen molar-refractivity contribution in [1.29, 1.82) is 0 Å². The number of carbonyl (C=O) groups is 2. The minimum Gasteiger partial charge on any atom is -0.490 e. The van der Waals surface area contributed by atoms with Gasteiger partial charge in [0.05, 0.1) is 12.6 Å². The molecule has 1 saturated carbocycles. The van der Waals surface area contributed by atoms with E-state index in [1.165, 1.54) is 4.90 Å². The van der Waals surface area contributed by atoms with E-state index in [0.717, 1.165) is 80.0 Å². The summed E-state index contributed by atoms with van der Waals surface area (Å²) in [4.78, 5) is 31.8. The number of benzene rings is 2. The summed E-state index contributed by atoms with van der Waals surface area (Å²) in [6.07, 6.45) is 3.14. The molecule has 1 heterocycles. The summed E-state index contributed by atoms with van der Waals surface area (Å²) >= 11 is 0. The number of piperazine rings is 1. The molecule has 4 rings (SSSR count). The van der Waals surface area contributed by atoms with Gasteiger partial charge in [0.15, 0.2) is 0 Å². The number of hydrogen-bond donors (Lipinski definition) is 3. The summed E-state index contributed by atoms with van der Waals surface area (Å²) in [5.74, 6) is 0.711. The van der Waals surface area contributed by atoms with Gasteiger partial charge in [0.1, 0.15) is 5.75 Å². The van der Waals surface area contributed by atoms with Crippen molar-refractivity contribution in [3.05, 3.63) is 69.6 Å². The lowest BCUT2D eigenvalue weighted by Gasteiger charge is -2.32. The second-order valence-corrected chi connectivity index (χ2v) is 11.2. The van der Waals surface area contributed by atoms with Crippen molar-refractivity contribution < 1.29 is 14.3 Å². The maximum absolute atomic E-state index is 13.1. The number of amides is 3. The summed E-state index contributed by atoms with van der Waals surface area (Å²) in [5, 5.41) is 13.2. The van der Waals surface area contributed by atoms with E-state index < -0.39 is 0 Å². The molecule has 0 spiro atoms. The molecule has 1 atom stereocenters.